The number of rotatable bonds is 8. The first kappa shape index (κ1) is 23.4. The third-order valence-corrected chi connectivity index (χ3v) is 6.07. The highest BCUT2D eigenvalue weighted by atomic mass is 19.1. The molecule has 1 aromatic heterocycles. The molecule has 0 saturated carbocycles. The van der Waals surface area contributed by atoms with Gasteiger partial charge >= 0.3 is 0 Å². The molecule has 4 rings (SSSR count). The van der Waals surface area contributed by atoms with Crippen LogP contribution in [0.2, 0.25) is 0 Å². The highest BCUT2D eigenvalue weighted by Gasteiger charge is 2.27. The van der Waals surface area contributed by atoms with E-state index in [0.717, 1.165) is 36.1 Å². The SMILES string of the molecule is CCCCc1[nH]c(/C=C2\C(=O)Nc3cc(NCc4ccc(F)cc4)c(F)cc32)c(C)c1C(C)=O. The summed E-state index contributed by atoms with van der Waals surface area (Å²) >= 11 is 0. The van der Waals surface area contributed by atoms with Crippen molar-refractivity contribution in [3.63, 3.8) is 0 Å². The molecular formula is C27H27F2N3O2. The summed E-state index contributed by atoms with van der Waals surface area (Å²) in [5.74, 6) is -1.19. The number of ketones is 1. The van der Waals surface area contributed by atoms with Crippen molar-refractivity contribution in [2.45, 2.75) is 46.6 Å². The van der Waals surface area contributed by atoms with Crippen LogP contribution in [0.1, 0.15) is 65.1 Å². The van der Waals surface area contributed by atoms with E-state index < -0.39 is 5.82 Å². The fourth-order valence-electron chi connectivity index (χ4n) is 4.28. The Morgan fingerprint density at radius 1 is 1.15 bits per heavy atom. The maximum absolute atomic E-state index is 14.9. The maximum atomic E-state index is 14.9. The average molecular weight is 464 g/mol. The number of carbonyl (C=O) groups excluding carboxylic acids is 2. The van der Waals surface area contributed by atoms with Crippen LogP contribution in [-0.4, -0.2) is 16.7 Å². The van der Waals surface area contributed by atoms with Crippen molar-refractivity contribution >= 4 is 34.7 Å². The lowest BCUT2D eigenvalue weighted by Gasteiger charge is -2.10. The lowest BCUT2D eigenvalue weighted by atomic mass is 10.0. The third-order valence-electron chi connectivity index (χ3n) is 6.07. The summed E-state index contributed by atoms with van der Waals surface area (Å²) < 4.78 is 28.0. The second kappa shape index (κ2) is 9.63. The molecule has 5 nitrogen and oxygen atoms in total. The van der Waals surface area contributed by atoms with Gasteiger partial charge in [0.25, 0.3) is 5.91 Å². The second-order valence-corrected chi connectivity index (χ2v) is 8.55. The molecule has 1 aliphatic heterocycles. The van der Waals surface area contributed by atoms with Gasteiger partial charge in [-0.15, -0.1) is 0 Å². The highest BCUT2D eigenvalue weighted by Crippen LogP contribution is 2.37. The number of fused-ring (bicyclic) bond motifs is 1. The topological polar surface area (TPSA) is 74.0 Å². The van der Waals surface area contributed by atoms with E-state index in [1.54, 1.807) is 24.3 Å². The fourth-order valence-corrected chi connectivity index (χ4v) is 4.28. The van der Waals surface area contributed by atoms with Crippen molar-refractivity contribution in [1.29, 1.82) is 0 Å². The zero-order valence-electron chi connectivity index (χ0n) is 19.4. The summed E-state index contributed by atoms with van der Waals surface area (Å²) in [4.78, 5) is 28.3. The van der Waals surface area contributed by atoms with Crippen LogP contribution < -0.4 is 10.6 Å². The van der Waals surface area contributed by atoms with Gasteiger partial charge in [-0.2, -0.15) is 0 Å². The molecule has 2 aromatic carbocycles. The number of halogens is 2. The molecule has 0 unspecified atom stereocenters. The predicted octanol–water partition coefficient (Wildman–Crippen LogP) is 6.25. The predicted molar refractivity (Wildman–Crippen MR) is 131 cm³/mol. The first-order valence-corrected chi connectivity index (χ1v) is 11.4. The van der Waals surface area contributed by atoms with Gasteiger partial charge in [-0.3, -0.25) is 9.59 Å². The first-order chi connectivity index (χ1) is 16.3. The Morgan fingerprint density at radius 2 is 1.88 bits per heavy atom. The van der Waals surface area contributed by atoms with Crippen molar-refractivity contribution in [2.75, 3.05) is 10.6 Å². The van der Waals surface area contributed by atoms with Gasteiger partial charge in [-0.25, -0.2) is 8.78 Å². The Balaban J connectivity index is 1.64. The molecule has 34 heavy (non-hydrogen) atoms. The van der Waals surface area contributed by atoms with Gasteiger partial charge in [0.15, 0.2) is 5.78 Å². The van der Waals surface area contributed by atoms with E-state index in [9.17, 15) is 18.4 Å². The quantitative estimate of drug-likeness (QED) is 0.273. The molecule has 0 radical (unpaired) electrons. The number of aromatic amines is 1. The van der Waals surface area contributed by atoms with E-state index in [-0.39, 0.29) is 23.2 Å². The Bertz CT molecular complexity index is 1290. The number of anilines is 2. The number of amides is 1. The number of hydrogen-bond acceptors (Lipinski definition) is 3. The minimum atomic E-state index is -0.500. The van der Waals surface area contributed by atoms with Crippen LogP contribution in [-0.2, 0) is 17.8 Å². The van der Waals surface area contributed by atoms with Crippen LogP contribution in [0.3, 0.4) is 0 Å². The van der Waals surface area contributed by atoms with Crippen molar-refractivity contribution < 1.29 is 18.4 Å². The van der Waals surface area contributed by atoms with Gasteiger partial charge in [0, 0.05) is 29.1 Å². The Hall–Kier alpha value is -3.74. The molecule has 0 bridgehead atoms. The summed E-state index contributed by atoms with van der Waals surface area (Å²) in [5, 5.41) is 5.79. The molecule has 0 saturated heterocycles. The molecule has 1 amide bonds. The zero-order valence-corrected chi connectivity index (χ0v) is 19.4. The number of aromatic nitrogens is 1. The van der Waals surface area contributed by atoms with Crippen molar-refractivity contribution in [3.05, 3.63) is 81.7 Å². The first-order valence-electron chi connectivity index (χ1n) is 11.4. The minimum Gasteiger partial charge on any atom is -0.379 e. The lowest BCUT2D eigenvalue weighted by Crippen LogP contribution is -2.04. The van der Waals surface area contributed by atoms with Gasteiger partial charge < -0.3 is 15.6 Å². The largest absolute Gasteiger partial charge is 0.379 e. The number of H-pyrrole nitrogens is 1. The fraction of sp³-hybridized carbons (Fsp3) is 0.259. The molecular weight excluding hydrogens is 436 g/mol. The summed E-state index contributed by atoms with van der Waals surface area (Å²) in [5.41, 5.74) is 5.31. The number of hydrogen-bond donors (Lipinski definition) is 3. The van der Waals surface area contributed by atoms with E-state index in [1.807, 2.05) is 6.92 Å². The van der Waals surface area contributed by atoms with Gasteiger partial charge in [-0.1, -0.05) is 25.5 Å². The molecule has 3 aromatic rings. The molecule has 0 aliphatic carbocycles. The Labute approximate surface area is 197 Å². The van der Waals surface area contributed by atoms with E-state index in [2.05, 4.69) is 22.5 Å². The van der Waals surface area contributed by atoms with Crippen LogP contribution in [0.15, 0.2) is 36.4 Å². The van der Waals surface area contributed by atoms with Crippen molar-refractivity contribution in [3.8, 4) is 0 Å². The van der Waals surface area contributed by atoms with E-state index in [0.29, 0.717) is 34.6 Å². The standard InChI is InChI=1S/C27H27F2N3O2/c1-4-5-6-22-26(16(3)33)15(2)23(31-22)12-20-19-11-21(29)25(13-24(19)32-27(20)34)30-14-17-7-9-18(28)10-8-17/h7-13,30-31H,4-6,14H2,1-3H3,(H,32,34)/b20-12-. The summed E-state index contributed by atoms with van der Waals surface area (Å²) in [6.45, 7) is 5.79. The molecule has 176 valence electrons. The number of benzene rings is 2. The smallest absolute Gasteiger partial charge is 0.256 e. The monoisotopic (exact) mass is 463 g/mol. The zero-order chi connectivity index (χ0) is 24.4. The molecule has 2 heterocycles. The van der Waals surface area contributed by atoms with E-state index >= 15 is 0 Å². The minimum absolute atomic E-state index is 0.0244. The Kier molecular flexibility index (Phi) is 6.63. The van der Waals surface area contributed by atoms with Crippen molar-refractivity contribution in [1.82, 2.24) is 4.98 Å². The summed E-state index contributed by atoms with van der Waals surface area (Å²) in [6.07, 6.45) is 4.37. The number of unbranched alkanes of at least 4 members (excludes halogenated alkanes) is 1. The molecule has 1 aliphatic rings. The number of aryl methyl sites for hydroxylation is 1. The van der Waals surface area contributed by atoms with E-state index in [4.69, 9.17) is 0 Å². The molecule has 3 N–H and O–H groups in total. The third kappa shape index (κ3) is 4.64. The average Bonchev–Trinajstić information content (AvgIpc) is 3.27. The van der Waals surface area contributed by atoms with Gasteiger partial charge in [0.05, 0.1) is 16.9 Å². The van der Waals surface area contributed by atoms with Gasteiger partial charge in [0.2, 0.25) is 0 Å². The van der Waals surface area contributed by atoms with Crippen molar-refractivity contribution in [2.24, 2.45) is 0 Å². The highest BCUT2D eigenvalue weighted by molar-refractivity contribution is 6.35. The molecule has 0 spiro atoms. The van der Waals surface area contributed by atoms with Crippen LogP contribution in [0.5, 0.6) is 0 Å². The van der Waals surface area contributed by atoms with Crippen LogP contribution in [0.25, 0.3) is 11.6 Å². The van der Waals surface area contributed by atoms with Gasteiger partial charge in [0.1, 0.15) is 11.6 Å². The Morgan fingerprint density at radius 3 is 2.56 bits per heavy atom. The molecule has 7 heteroatoms. The van der Waals surface area contributed by atoms with Crippen LogP contribution >= 0.6 is 0 Å². The molecule has 0 fully saturated rings. The second-order valence-electron chi connectivity index (χ2n) is 8.55. The maximum Gasteiger partial charge on any atom is 0.256 e. The number of Topliss-reactive ketones (excluding diaryl/α,β-unsaturated/α-hetero) is 1. The lowest BCUT2D eigenvalue weighted by molar-refractivity contribution is -0.110. The van der Waals surface area contributed by atoms with Gasteiger partial charge in [-0.05, 0) is 68.2 Å². The van der Waals surface area contributed by atoms with Crippen LogP contribution in [0, 0.1) is 18.6 Å². The van der Waals surface area contributed by atoms with Crippen LogP contribution in [0.4, 0.5) is 20.2 Å². The van der Waals surface area contributed by atoms with E-state index in [1.165, 1.54) is 25.1 Å². The summed E-state index contributed by atoms with van der Waals surface area (Å²) in [6, 6.07) is 8.83. The number of carbonyl (C=O) groups is 2. The summed E-state index contributed by atoms with van der Waals surface area (Å²) in [7, 11) is 0. The molecule has 0 atom stereocenters. The normalized spacial score (nSPS) is 13.8. The number of nitrogens with one attached hydrogen (secondary N) is 3.